The maximum atomic E-state index is 12.8. The molecule has 0 amide bonds. The second-order valence-corrected chi connectivity index (χ2v) is 8.88. The summed E-state index contributed by atoms with van der Waals surface area (Å²) in [5.41, 5.74) is 2.26. The molecule has 0 bridgehead atoms. The number of aromatic nitrogens is 5. The lowest BCUT2D eigenvalue weighted by Crippen LogP contribution is -2.31. The quantitative estimate of drug-likeness (QED) is 0.405. The van der Waals surface area contributed by atoms with E-state index in [4.69, 9.17) is 4.74 Å². The van der Waals surface area contributed by atoms with Gasteiger partial charge in [0.2, 0.25) is 5.78 Å². The third kappa shape index (κ3) is 4.37. The minimum Gasteiger partial charge on any atom is -0.462 e. The topological polar surface area (TPSA) is 97.9 Å². The zero-order valence-electron chi connectivity index (χ0n) is 20.3. The van der Waals surface area contributed by atoms with Crippen molar-refractivity contribution in [2.24, 2.45) is 7.05 Å². The number of hydrogen-bond acceptors (Lipinski definition) is 8. The molecule has 0 saturated carbocycles. The van der Waals surface area contributed by atoms with Gasteiger partial charge in [-0.25, -0.2) is 9.78 Å². The Morgan fingerprint density at radius 3 is 2.71 bits per heavy atom. The van der Waals surface area contributed by atoms with Gasteiger partial charge in [0.25, 0.3) is 5.56 Å². The maximum absolute atomic E-state index is 12.8. The number of carbonyl (C=O) groups is 1. The Hall–Kier alpha value is -3.79. The fourth-order valence-corrected chi connectivity index (χ4v) is 4.63. The molecule has 182 valence electrons. The summed E-state index contributed by atoms with van der Waals surface area (Å²) in [5.74, 6) is 1.86. The number of hydrogen-bond donors (Lipinski definition) is 0. The van der Waals surface area contributed by atoms with Crippen molar-refractivity contribution < 1.29 is 9.53 Å². The van der Waals surface area contributed by atoms with Crippen LogP contribution < -0.4 is 10.5 Å². The number of rotatable bonds is 5. The minimum absolute atomic E-state index is 0.0676. The van der Waals surface area contributed by atoms with Gasteiger partial charge in [-0.15, -0.1) is 10.2 Å². The van der Waals surface area contributed by atoms with Crippen LogP contribution >= 0.6 is 0 Å². The first kappa shape index (κ1) is 23.0. The first-order chi connectivity index (χ1) is 17.0. The Morgan fingerprint density at radius 2 is 1.94 bits per heavy atom. The highest BCUT2D eigenvalue weighted by Gasteiger charge is 2.21. The van der Waals surface area contributed by atoms with Gasteiger partial charge in [0.05, 0.1) is 29.6 Å². The third-order valence-corrected chi connectivity index (χ3v) is 6.48. The highest BCUT2D eigenvalue weighted by atomic mass is 16.5. The van der Waals surface area contributed by atoms with Gasteiger partial charge in [0.1, 0.15) is 5.82 Å². The van der Waals surface area contributed by atoms with E-state index in [1.807, 2.05) is 35.6 Å². The Balaban J connectivity index is 1.35. The van der Waals surface area contributed by atoms with Crippen LogP contribution in [0, 0.1) is 6.92 Å². The zero-order chi connectivity index (χ0) is 24.5. The number of nitrogens with zero attached hydrogens (tertiary/aromatic N) is 7. The molecular weight excluding hydrogens is 446 g/mol. The second-order valence-electron chi connectivity index (χ2n) is 8.88. The average Bonchev–Trinajstić information content (AvgIpc) is 3.13. The summed E-state index contributed by atoms with van der Waals surface area (Å²) in [5, 5.41) is 9.45. The van der Waals surface area contributed by atoms with Crippen molar-refractivity contribution in [3.63, 3.8) is 0 Å². The van der Waals surface area contributed by atoms with Crippen LogP contribution in [0.3, 0.4) is 0 Å². The molecular formula is C25H29N7O3. The van der Waals surface area contributed by atoms with Crippen molar-refractivity contribution in [3.05, 3.63) is 63.8 Å². The van der Waals surface area contributed by atoms with Crippen LogP contribution in [0.1, 0.15) is 35.1 Å². The van der Waals surface area contributed by atoms with E-state index < -0.39 is 0 Å². The van der Waals surface area contributed by atoms with E-state index in [0.717, 1.165) is 55.3 Å². The summed E-state index contributed by atoms with van der Waals surface area (Å²) in [4.78, 5) is 33.8. The van der Waals surface area contributed by atoms with Crippen molar-refractivity contribution in [3.8, 4) is 0 Å². The Bertz CT molecular complexity index is 1440. The van der Waals surface area contributed by atoms with Crippen molar-refractivity contribution in [2.45, 2.75) is 26.8 Å². The monoisotopic (exact) mass is 475 g/mol. The summed E-state index contributed by atoms with van der Waals surface area (Å²) in [6.07, 6.45) is 2.55. The van der Waals surface area contributed by atoms with Gasteiger partial charge in [-0.1, -0.05) is 11.6 Å². The van der Waals surface area contributed by atoms with E-state index in [0.29, 0.717) is 29.9 Å². The largest absolute Gasteiger partial charge is 0.462 e. The molecule has 1 fully saturated rings. The van der Waals surface area contributed by atoms with Crippen LogP contribution in [0.5, 0.6) is 0 Å². The van der Waals surface area contributed by atoms with Gasteiger partial charge in [0, 0.05) is 39.4 Å². The van der Waals surface area contributed by atoms with E-state index in [9.17, 15) is 9.59 Å². The first-order valence-corrected chi connectivity index (χ1v) is 11.9. The maximum Gasteiger partial charge on any atom is 0.339 e. The molecule has 0 aliphatic carbocycles. The number of esters is 1. The van der Waals surface area contributed by atoms with Gasteiger partial charge in [-0.3, -0.25) is 18.7 Å². The molecule has 0 N–H and O–H groups in total. The molecule has 0 atom stereocenters. The van der Waals surface area contributed by atoms with Crippen molar-refractivity contribution in [1.82, 2.24) is 29.0 Å². The minimum atomic E-state index is -0.352. The standard InChI is InChI=1S/C25H29N7O3/c1-4-35-24(34)18-7-9-21(26-15-18)31-11-5-10-30(12-13-31)16-22-27-28-25-29(3)23(33)19-14-17(2)6-8-20(19)32(22)25/h6-9,14-15H,4-5,10-13,16H2,1-3H3. The summed E-state index contributed by atoms with van der Waals surface area (Å²) in [6.45, 7) is 8.17. The summed E-state index contributed by atoms with van der Waals surface area (Å²) < 4.78 is 8.60. The van der Waals surface area contributed by atoms with Crippen LogP contribution in [0.2, 0.25) is 0 Å². The lowest BCUT2D eigenvalue weighted by molar-refractivity contribution is 0.0526. The molecule has 10 heteroatoms. The van der Waals surface area contributed by atoms with Crippen molar-refractivity contribution in [2.75, 3.05) is 37.7 Å². The molecule has 10 nitrogen and oxygen atoms in total. The molecule has 0 radical (unpaired) electrons. The Kier molecular flexibility index (Phi) is 6.21. The number of benzene rings is 1. The number of anilines is 1. The van der Waals surface area contributed by atoms with Crippen LogP contribution in [0.15, 0.2) is 41.3 Å². The summed E-state index contributed by atoms with van der Waals surface area (Å²) in [6, 6.07) is 9.55. The molecule has 5 rings (SSSR count). The molecule has 1 aliphatic heterocycles. The number of carbonyl (C=O) groups excluding carboxylic acids is 1. The molecule has 4 aromatic rings. The smallest absolute Gasteiger partial charge is 0.339 e. The fraction of sp³-hybridized carbons (Fsp3) is 0.400. The number of fused-ring (bicyclic) bond motifs is 3. The lowest BCUT2D eigenvalue weighted by atomic mass is 10.1. The molecule has 0 unspecified atom stereocenters. The highest BCUT2D eigenvalue weighted by molar-refractivity contribution is 5.89. The fourth-order valence-electron chi connectivity index (χ4n) is 4.63. The molecule has 1 aliphatic rings. The molecule has 1 aromatic carbocycles. The van der Waals surface area contributed by atoms with E-state index in [2.05, 4.69) is 25.0 Å². The van der Waals surface area contributed by atoms with Crippen molar-refractivity contribution >= 4 is 28.5 Å². The van der Waals surface area contributed by atoms with Gasteiger partial charge >= 0.3 is 5.97 Å². The lowest BCUT2D eigenvalue weighted by Gasteiger charge is -2.22. The molecule has 4 heterocycles. The number of aryl methyl sites for hydroxylation is 2. The van der Waals surface area contributed by atoms with E-state index in [1.54, 1.807) is 30.8 Å². The van der Waals surface area contributed by atoms with E-state index in [1.165, 1.54) is 0 Å². The number of ether oxygens (including phenoxy) is 1. The SMILES string of the molecule is CCOC(=O)c1ccc(N2CCCN(Cc3nnc4n(C)c(=O)c5cc(C)ccc5n34)CC2)nc1. The van der Waals surface area contributed by atoms with Gasteiger partial charge in [0.15, 0.2) is 5.82 Å². The molecule has 1 saturated heterocycles. The second kappa shape index (κ2) is 9.46. The van der Waals surface area contributed by atoms with Crippen LogP contribution in [0.25, 0.3) is 16.7 Å². The summed E-state index contributed by atoms with van der Waals surface area (Å²) in [7, 11) is 1.74. The van der Waals surface area contributed by atoms with Crippen molar-refractivity contribution in [1.29, 1.82) is 0 Å². The van der Waals surface area contributed by atoms with Gasteiger partial charge in [-0.2, -0.15) is 0 Å². The molecule has 0 spiro atoms. The predicted octanol–water partition coefficient (Wildman–Crippen LogP) is 2.17. The van der Waals surface area contributed by atoms with Crippen LogP contribution in [-0.2, 0) is 18.3 Å². The zero-order valence-corrected chi connectivity index (χ0v) is 20.3. The van der Waals surface area contributed by atoms with E-state index >= 15 is 0 Å². The number of pyridine rings is 1. The van der Waals surface area contributed by atoms with Gasteiger partial charge < -0.3 is 9.64 Å². The Labute approximate surface area is 202 Å². The average molecular weight is 476 g/mol. The molecule has 3 aromatic heterocycles. The van der Waals surface area contributed by atoms with Crippen LogP contribution in [0.4, 0.5) is 5.82 Å². The first-order valence-electron chi connectivity index (χ1n) is 11.9. The normalized spacial score (nSPS) is 15.0. The highest BCUT2D eigenvalue weighted by Crippen LogP contribution is 2.19. The van der Waals surface area contributed by atoms with E-state index in [-0.39, 0.29) is 11.5 Å². The van der Waals surface area contributed by atoms with Gasteiger partial charge in [-0.05, 0) is 44.5 Å². The Morgan fingerprint density at radius 1 is 1.09 bits per heavy atom. The molecule has 35 heavy (non-hydrogen) atoms. The summed E-state index contributed by atoms with van der Waals surface area (Å²) >= 11 is 0. The predicted molar refractivity (Wildman–Crippen MR) is 133 cm³/mol. The van der Waals surface area contributed by atoms with Crippen LogP contribution in [-0.4, -0.2) is 67.8 Å². The third-order valence-electron chi connectivity index (χ3n) is 6.48.